The van der Waals surface area contributed by atoms with Crippen LogP contribution < -0.4 is 24.3 Å². The van der Waals surface area contributed by atoms with E-state index in [0.29, 0.717) is 76.8 Å². The van der Waals surface area contributed by atoms with Crippen LogP contribution in [0, 0.1) is 0 Å². The summed E-state index contributed by atoms with van der Waals surface area (Å²) in [4.78, 5) is 27.4. The van der Waals surface area contributed by atoms with E-state index in [0.717, 1.165) is 16.8 Å². The first-order valence-electron chi connectivity index (χ1n) is 13.4. The van der Waals surface area contributed by atoms with Crippen LogP contribution >= 0.6 is 15.9 Å². The van der Waals surface area contributed by atoms with Gasteiger partial charge in [-0.1, -0.05) is 13.0 Å². The van der Waals surface area contributed by atoms with E-state index in [2.05, 4.69) is 21.2 Å². The number of carbonyl (C=O) groups excluding carboxylic acids is 2. The van der Waals surface area contributed by atoms with Gasteiger partial charge in [0.1, 0.15) is 0 Å². The third kappa shape index (κ3) is 5.70. The first-order chi connectivity index (χ1) is 19.3. The SMILES string of the molecule is CCCOC(=O)C1=C(C)NC2=C(C(=O)C[C@@H](c3ccc(OC)c(OC)c3)C2)[C@H]1c1cc(Br)c(OC)c(OCC)c1. The maximum atomic E-state index is 14.0. The average Bonchev–Trinajstić information content (AvgIpc) is 2.94. The summed E-state index contributed by atoms with van der Waals surface area (Å²) >= 11 is 3.60. The van der Waals surface area contributed by atoms with Crippen LogP contribution in [0.4, 0.5) is 0 Å². The van der Waals surface area contributed by atoms with Crippen molar-refractivity contribution >= 4 is 27.7 Å². The zero-order valence-electron chi connectivity index (χ0n) is 23.8. The van der Waals surface area contributed by atoms with Crippen molar-refractivity contribution in [2.45, 2.75) is 51.9 Å². The highest BCUT2D eigenvalue weighted by Gasteiger charge is 2.42. The molecule has 0 bridgehead atoms. The standard InChI is InChI=1S/C31H36BrNO7/c1-7-11-40-31(35)27-17(3)33-22-13-19(18-9-10-24(36-4)25(15-18)37-5)14-23(34)29(22)28(27)20-12-21(32)30(38-6)26(16-20)39-8-2/h9-10,12,15-16,19,28,33H,7-8,11,13-14H2,1-6H3/t19-,28-/m0/s1. The Morgan fingerprint density at radius 3 is 2.35 bits per heavy atom. The molecule has 0 fully saturated rings. The second-order valence-electron chi connectivity index (χ2n) is 9.73. The fourth-order valence-electron chi connectivity index (χ4n) is 5.47. The van der Waals surface area contributed by atoms with E-state index < -0.39 is 11.9 Å². The molecule has 0 radical (unpaired) electrons. The van der Waals surface area contributed by atoms with E-state index in [1.807, 2.05) is 51.1 Å². The molecule has 0 spiro atoms. The summed E-state index contributed by atoms with van der Waals surface area (Å²) in [6.07, 6.45) is 1.58. The molecule has 1 heterocycles. The Hall–Kier alpha value is -3.46. The van der Waals surface area contributed by atoms with Crippen molar-refractivity contribution in [2.75, 3.05) is 34.5 Å². The van der Waals surface area contributed by atoms with Gasteiger partial charge in [-0.3, -0.25) is 4.79 Å². The van der Waals surface area contributed by atoms with Gasteiger partial charge in [0, 0.05) is 29.3 Å². The summed E-state index contributed by atoms with van der Waals surface area (Å²) in [5, 5.41) is 3.40. The van der Waals surface area contributed by atoms with Crippen molar-refractivity contribution < 1.29 is 33.3 Å². The first kappa shape index (κ1) is 29.5. The fraction of sp³-hybridized carbons (Fsp3) is 0.419. The van der Waals surface area contributed by atoms with Crippen LogP contribution in [0.3, 0.4) is 0 Å². The van der Waals surface area contributed by atoms with E-state index in [-0.39, 0.29) is 11.7 Å². The summed E-state index contributed by atoms with van der Waals surface area (Å²) in [5.41, 5.74) is 4.18. The number of esters is 1. The summed E-state index contributed by atoms with van der Waals surface area (Å²) < 4.78 is 28.6. The molecule has 8 nitrogen and oxygen atoms in total. The molecule has 0 saturated heterocycles. The number of allylic oxidation sites excluding steroid dienone is 3. The number of hydrogen-bond acceptors (Lipinski definition) is 8. The van der Waals surface area contributed by atoms with E-state index in [9.17, 15) is 9.59 Å². The highest BCUT2D eigenvalue weighted by atomic mass is 79.9. The third-order valence-electron chi connectivity index (χ3n) is 7.23. The molecular weight excluding hydrogens is 578 g/mol. The normalized spacial score (nSPS) is 18.6. The molecule has 1 N–H and O–H groups in total. The van der Waals surface area contributed by atoms with Gasteiger partial charge < -0.3 is 29.0 Å². The van der Waals surface area contributed by atoms with Crippen molar-refractivity contribution in [3.8, 4) is 23.0 Å². The van der Waals surface area contributed by atoms with Crippen LogP contribution in [-0.4, -0.2) is 46.3 Å². The number of rotatable bonds is 10. The molecule has 0 aromatic heterocycles. The number of ketones is 1. The predicted octanol–water partition coefficient (Wildman–Crippen LogP) is 6.19. The largest absolute Gasteiger partial charge is 0.493 e. The number of benzene rings is 2. The Bertz CT molecular complexity index is 1360. The molecule has 1 aliphatic heterocycles. The van der Waals surface area contributed by atoms with Gasteiger partial charge in [0.15, 0.2) is 28.8 Å². The van der Waals surface area contributed by atoms with Crippen molar-refractivity contribution in [3.63, 3.8) is 0 Å². The summed E-state index contributed by atoms with van der Waals surface area (Å²) in [6.45, 7) is 6.41. The summed E-state index contributed by atoms with van der Waals surface area (Å²) in [7, 11) is 4.76. The van der Waals surface area contributed by atoms with E-state index in [4.69, 9.17) is 23.7 Å². The van der Waals surface area contributed by atoms with Crippen LogP contribution in [0.5, 0.6) is 23.0 Å². The van der Waals surface area contributed by atoms with Gasteiger partial charge in [-0.05, 0) is 83.9 Å². The number of dihydropyridines is 1. The second kappa shape index (κ2) is 12.8. The summed E-state index contributed by atoms with van der Waals surface area (Å²) in [5.74, 6) is 1.16. The quantitative estimate of drug-likeness (QED) is 0.317. The molecule has 0 saturated carbocycles. The van der Waals surface area contributed by atoms with Crippen molar-refractivity contribution in [1.29, 1.82) is 0 Å². The maximum Gasteiger partial charge on any atom is 0.336 e. The molecule has 40 heavy (non-hydrogen) atoms. The van der Waals surface area contributed by atoms with Crippen LogP contribution in [0.15, 0.2) is 57.3 Å². The number of carbonyl (C=O) groups is 2. The van der Waals surface area contributed by atoms with Crippen molar-refractivity contribution in [2.24, 2.45) is 0 Å². The van der Waals surface area contributed by atoms with Gasteiger partial charge in [-0.25, -0.2) is 4.79 Å². The predicted molar refractivity (Wildman–Crippen MR) is 155 cm³/mol. The van der Waals surface area contributed by atoms with Crippen LogP contribution in [0.1, 0.15) is 63.0 Å². The highest BCUT2D eigenvalue weighted by Crippen LogP contribution is 2.49. The number of halogens is 1. The van der Waals surface area contributed by atoms with Crippen molar-refractivity contribution in [3.05, 3.63) is 68.5 Å². The minimum atomic E-state index is -0.624. The number of nitrogens with one attached hydrogen (secondary N) is 1. The molecule has 2 aromatic rings. The fourth-order valence-corrected chi connectivity index (χ4v) is 6.10. The number of ether oxygens (including phenoxy) is 5. The lowest BCUT2D eigenvalue weighted by atomic mass is 9.71. The minimum absolute atomic E-state index is 0.0308. The Kier molecular flexibility index (Phi) is 9.45. The molecule has 0 unspecified atom stereocenters. The van der Waals surface area contributed by atoms with Gasteiger partial charge in [-0.15, -0.1) is 0 Å². The maximum absolute atomic E-state index is 14.0. The van der Waals surface area contributed by atoms with E-state index in [1.165, 1.54) is 0 Å². The van der Waals surface area contributed by atoms with Gasteiger partial charge in [-0.2, -0.15) is 0 Å². The van der Waals surface area contributed by atoms with E-state index >= 15 is 0 Å². The van der Waals surface area contributed by atoms with Crippen LogP contribution in [0.2, 0.25) is 0 Å². The lowest BCUT2D eigenvalue weighted by Gasteiger charge is -2.37. The highest BCUT2D eigenvalue weighted by molar-refractivity contribution is 9.10. The average molecular weight is 615 g/mol. The number of methoxy groups -OCH3 is 3. The lowest BCUT2D eigenvalue weighted by molar-refractivity contribution is -0.139. The van der Waals surface area contributed by atoms with Crippen molar-refractivity contribution in [1.82, 2.24) is 5.32 Å². The van der Waals surface area contributed by atoms with E-state index in [1.54, 1.807) is 21.3 Å². The van der Waals surface area contributed by atoms with Crippen LogP contribution in [0.25, 0.3) is 0 Å². The molecule has 2 aromatic carbocycles. The zero-order chi connectivity index (χ0) is 29.0. The number of hydrogen-bond donors (Lipinski definition) is 1. The van der Waals surface area contributed by atoms with Gasteiger partial charge >= 0.3 is 5.97 Å². The smallest absolute Gasteiger partial charge is 0.336 e. The molecular formula is C31H36BrNO7. The molecule has 2 aliphatic rings. The van der Waals surface area contributed by atoms with Gasteiger partial charge in [0.05, 0.1) is 44.6 Å². The Labute approximate surface area is 243 Å². The monoisotopic (exact) mass is 613 g/mol. The molecule has 2 atom stereocenters. The minimum Gasteiger partial charge on any atom is -0.493 e. The molecule has 1 aliphatic carbocycles. The lowest BCUT2D eigenvalue weighted by Crippen LogP contribution is -2.36. The Morgan fingerprint density at radius 1 is 0.975 bits per heavy atom. The summed E-state index contributed by atoms with van der Waals surface area (Å²) in [6, 6.07) is 9.48. The van der Waals surface area contributed by atoms with Crippen LogP contribution in [-0.2, 0) is 14.3 Å². The second-order valence-corrected chi connectivity index (χ2v) is 10.6. The van der Waals surface area contributed by atoms with Gasteiger partial charge in [0.2, 0.25) is 0 Å². The number of Topliss-reactive ketones (excluding diaryl/α,β-unsaturated/α-hetero) is 1. The Morgan fingerprint density at radius 2 is 1.70 bits per heavy atom. The van der Waals surface area contributed by atoms with Gasteiger partial charge in [0.25, 0.3) is 0 Å². The topological polar surface area (TPSA) is 92.3 Å². The third-order valence-corrected chi connectivity index (χ3v) is 7.82. The molecule has 214 valence electrons. The Balaban J connectivity index is 1.83. The molecule has 4 rings (SSSR count). The first-order valence-corrected chi connectivity index (χ1v) is 14.2. The molecule has 0 amide bonds. The zero-order valence-corrected chi connectivity index (χ0v) is 25.4. The molecule has 9 heteroatoms.